The van der Waals surface area contributed by atoms with E-state index in [1.807, 2.05) is 24.3 Å². The summed E-state index contributed by atoms with van der Waals surface area (Å²) in [6, 6.07) is 15.3. The van der Waals surface area contributed by atoms with Crippen LogP contribution in [0.3, 0.4) is 0 Å². The number of halogens is 1. The fourth-order valence-electron chi connectivity index (χ4n) is 4.98. The molecule has 2 aliphatic rings. The van der Waals surface area contributed by atoms with Gasteiger partial charge in [-0.15, -0.1) is 0 Å². The number of rotatable bonds is 7. The molecule has 0 unspecified atom stereocenters. The van der Waals surface area contributed by atoms with Crippen molar-refractivity contribution in [1.29, 1.82) is 0 Å². The molecule has 0 saturated carbocycles. The van der Waals surface area contributed by atoms with Crippen molar-refractivity contribution in [2.45, 2.75) is 37.1 Å². The van der Waals surface area contributed by atoms with Crippen molar-refractivity contribution in [1.82, 2.24) is 10.3 Å². The third kappa shape index (κ3) is 5.35. The van der Waals surface area contributed by atoms with Gasteiger partial charge in [-0.2, -0.15) is 0 Å². The van der Waals surface area contributed by atoms with Crippen molar-refractivity contribution in [3.8, 4) is 0 Å². The van der Waals surface area contributed by atoms with Gasteiger partial charge in [0.05, 0.1) is 11.8 Å². The molecular formula is C28H27ClN4O4. The first-order chi connectivity index (χ1) is 17.9. The number of pyridine rings is 1. The molecule has 0 aliphatic carbocycles. The van der Waals surface area contributed by atoms with Crippen molar-refractivity contribution in [3.63, 3.8) is 0 Å². The molecule has 2 aliphatic heterocycles. The minimum absolute atomic E-state index is 0.0331. The minimum atomic E-state index is -0.862. The number of carbonyl (C=O) groups excluding carboxylic acids is 3. The second kappa shape index (κ2) is 10.7. The maximum absolute atomic E-state index is 13.4. The summed E-state index contributed by atoms with van der Waals surface area (Å²) in [6.45, 7) is 1.07. The number of nitrogens with one attached hydrogen (secondary N) is 3. The van der Waals surface area contributed by atoms with Crippen LogP contribution in [0.4, 0.5) is 11.4 Å². The summed E-state index contributed by atoms with van der Waals surface area (Å²) in [5.41, 5.74) is 3.10. The predicted molar refractivity (Wildman–Crippen MR) is 140 cm³/mol. The van der Waals surface area contributed by atoms with Gasteiger partial charge in [-0.1, -0.05) is 35.9 Å². The highest BCUT2D eigenvalue weighted by atomic mass is 35.5. The van der Waals surface area contributed by atoms with Gasteiger partial charge in [0.1, 0.15) is 6.04 Å². The molecule has 1 fully saturated rings. The predicted octanol–water partition coefficient (Wildman–Crippen LogP) is 3.64. The van der Waals surface area contributed by atoms with Crippen LogP contribution in [0.25, 0.3) is 0 Å². The van der Waals surface area contributed by atoms with Gasteiger partial charge in [0.25, 0.3) is 0 Å². The van der Waals surface area contributed by atoms with Crippen LogP contribution in [0.5, 0.6) is 0 Å². The lowest BCUT2D eigenvalue weighted by Crippen LogP contribution is -2.45. The summed E-state index contributed by atoms with van der Waals surface area (Å²) < 4.78 is 5.46. The van der Waals surface area contributed by atoms with E-state index in [1.54, 1.807) is 42.7 Å². The molecule has 1 atom stereocenters. The number of aromatic nitrogens is 1. The van der Waals surface area contributed by atoms with E-state index < -0.39 is 11.5 Å². The molecule has 0 radical (unpaired) electrons. The van der Waals surface area contributed by atoms with Crippen molar-refractivity contribution in [2.75, 3.05) is 23.8 Å². The molecule has 1 saturated heterocycles. The average molecular weight is 519 g/mol. The summed E-state index contributed by atoms with van der Waals surface area (Å²) in [5.74, 6) is -0.705. The lowest BCUT2D eigenvalue weighted by Gasteiger charge is -2.31. The minimum Gasteiger partial charge on any atom is -0.381 e. The molecule has 8 nitrogen and oxygen atoms in total. The zero-order valence-corrected chi connectivity index (χ0v) is 20.9. The Balaban J connectivity index is 1.34. The SMILES string of the molecule is O=C(Cc1ccncc1)N[C@@H](Cc1ccccc1Cl)C(=O)Nc1ccc2c(c1)NC(=O)C21CCOCC1. The van der Waals surface area contributed by atoms with Gasteiger partial charge in [-0.05, 0) is 59.9 Å². The van der Waals surface area contributed by atoms with Crippen LogP contribution < -0.4 is 16.0 Å². The number of fused-ring (bicyclic) bond motifs is 2. The fraction of sp³-hybridized carbons (Fsp3) is 0.286. The summed E-state index contributed by atoms with van der Waals surface area (Å²) in [5, 5.41) is 9.25. The van der Waals surface area contributed by atoms with E-state index in [1.165, 1.54) is 0 Å². The summed E-state index contributed by atoms with van der Waals surface area (Å²) >= 11 is 6.35. The van der Waals surface area contributed by atoms with Crippen molar-refractivity contribution in [2.24, 2.45) is 0 Å². The van der Waals surface area contributed by atoms with Gasteiger partial charge in [-0.3, -0.25) is 19.4 Å². The Labute approximate surface area is 219 Å². The number of hydrogen-bond donors (Lipinski definition) is 3. The Bertz CT molecular complexity index is 1320. The van der Waals surface area contributed by atoms with Gasteiger partial charge in [0.15, 0.2) is 0 Å². The molecule has 9 heteroatoms. The first kappa shape index (κ1) is 24.9. The third-order valence-corrected chi connectivity index (χ3v) is 7.35. The highest BCUT2D eigenvalue weighted by Crippen LogP contribution is 2.45. The molecule has 3 N–H and O–H groups in total. The number of anilines is 2. The fourth-order valence-corrected chi connectivity index (χ4v) is 5.19. The van der Waals surface area contributed by atoms with E-state index in [2.05, 4.69) is 20.9 Å². The molecular weight excluding hydrogens is 492 g/mol. The van der Waals surface area contributed by atoms with Gasteiger partial charge in [-0.25, -0.2) is 0 Å². The summed E-state index contributed by atoms with van der Waals surface area (Å²) in [4.78, 5) is 43.0. The smallest absolute Gasteiger partial charge is 0.247 e. The number of hydrogen-bond acceptors (Lipinski definition) is 5. The number of nitrogens with zero attached hydrogens (tertiary/aromatic N) is 1. The highest BCUT2D eigenvalue weighted by molar-refractivity contribution is 6.31. The van der Waals surface area contributed by atoms with E-state index in [-0.39, 0.29) is 30.6 Å². The van der Waals surface area contributed by atoms with Gasteiger partial charge in [0, 0.05) is 48.4 Å². The molecule has 190 valence electrons. The van der Waals surface area contributed by atoms with Crippen molar-refractivity contribution >= 4 is 40.7 Å². The van der Waals surface area contributed by atoms with Gasteiger partial charge < -0.3 is 20.7 Å². The Morgan fingerprint density at radius 2 is 1.84 bits per heavy atom. The van der Waals surface area contributed by atoms with Crippen molar-refractivity contribution < 1.29 is 19.1 Å². The molecule has 5 rings (SSSR count). The number of amides is 3. The number of benzene rings is 2. The van der Waals surface area contributed by atoms with E-state index >= 15 is 0 Å². The van der Waals surface area contributed by atoms with Crippen LogP contribution in [-0.4, -0.2) is 42.0 Å². The molecule has 3 amide bonds. The van der Waals surface area contributed by atoms with E-state index in [9.17, 15) is 14.4 Å². The monoisotopic (exact) mass is 518 g/mol. The van der Waals surface area contributed by atoms with Crippen LogP contribution in [0.2, 0.25) is 5.02 Å². The molecule has 2 aromatic carbocycles. The molecule has 3 aromatic rings. The summed E-state index contributed by atoms with van der Waals surface area (Å²) in [7, 11) is 0. The third-order valence-electron chi connectivity index (χ3n) is 6.98. The Morgan fingerprint density at radius 3 is 2.59 bits per heavy atom. The molecule has 1 spiro atoms. The van der Waals surface area contributed by atoms with Crippen LogP contribution in [0.15, 0.2) is 67.0 Å². The van der Waals surface area contributed by atoms with E-state index in [4.69, 9.17) is 16.3 Å². The molecule has 37 heavy (non-hydrogen) atoms. The average Bonchev–Trinajstić information content (AvgIpc) is 3.15. The molecule has 3 heterocycles. The molecule has 1 aromatic heterocycles. The molecule has 0 bridgehead atoms. The standard InChI is InChI=1S/C28H27ClN4O4/c29-22-4-2-1-3-19(22)16-24(32-25(34)15-18-7-11-30-12-8-18)26(35)31-20-5-6-21-23(17-20)33-27(36)28(21)9-13-37-14-10-28/h1-8,11-12,17,24H,9-10,13-16H2,(H,31,35)(H,32,34)(H,33,36)/t24-/m0/s1. The largest absolute Gasteiger partial charge is 0.381 e. The first-order valence-corrected chi connectivity index (χ1v) is 12.6. The van der Waals surface area contributed by atoms with Crippen molar-refractivity contribution in [3.05, 3.63) is 88.7 Å². The van der Waals surface area contributed by atoms with Crippen LogP contribution in [-0.2, 0) is 37.4 Å². The second-order valence-electron chi connectivity index (χ2n) is 9.35. The lowest BCUT2D eigenvalue weighted by molar-refractivity contribution is -0.126. The zero-order valence-electron chi connectivity index (χ0n) is 20.1. The van der Waals surface area contributed by atoms with Crippen LogP contribution in [0, 0.1) is 0 Å². The Morgan fingerprint density at radius 1 is 1.08 bits per heavy atom. The lowest BCUT2D eigenvalue weighted by atomic mass is 9.75. The maximum Gasteiger partial charge on any atom is 0.247 e. The number of ether oxygens (including phenoxy) is 1. The van der Waals surface area contributed by atoms with E-state index in [0.717, 1.165) is 16.7 Å². The normalized spacial score (nSPS) is 16.5. The van der Waals surface area contributed by atoms with Crippen LogP contribution >= 0.6 is 11.6 Å². The highest BCUT2D eigenvalue weighted by Gasteiger charge is 2.47. The Hall–Kier alpha value is -3.75. The zero-order chi connectivity index (χ0) is 25.8. The topological polar surface area (TPSA) is 109 Å². The second-order valence-corrected chi connectivity index (χ2v) is 9.75. The number of carbonyl (C=O) groups is 3. The Kier molecular flexibility index (Phi) is 7.21. The van der Waals surface area contributed by atoms with Crippen LogP contribution in [0.1, 0.15) is 29.5 Å². The first-order valence-electron chi connectivity index (χ1n) is 12.2. The summed E-state index contributed by atoms with van der Waals surface area (Å²) in [6.07, 6.45) is 4.83. The van der Waals surface area contributed by atoms with Gasteiger partial charge in [0.2, 0.25) is 17.7 Å². The van der Waals surface area contributed by atoms with E-state index in [0.29, 0.717) is 42.5 Å². The maximum atomic E-state index is 13.4. The van der Waals surface area contributed by atoms with Gasteiger partial charge >= 0.3 is 0 Å². The quantitative estimate of drug-likeness (QED) is 0.442.